The molecule has 1 heterocycles. The SMILES string of the molecule is C=C(C)CC.C=C(N)CC(NC)C(CCN(C(=C)C)C(c1cc(-c2cc(C)ccc2F)cn1Cc1ccccc1)C(C)(C)C)C(=C)NCCC(=C)NCC.C=CC.C=CCNC(=C)CNC(=O)C(C)N(C)CCCCC.C=CN. The number of allylic oxidation sites excluding steroid dienone is 3. The van der Waals surface area contributed by atoms with Gasteiger partial charge in [0.05, 0.1) is 18.6 Å². The Morgan fingerprint density at radius 1 is 0.886 bits per heavy atom. The van der Waals surface area contributed by atoms with Gasteiger partial charge in [-0.05, 0) is 117 Å². The third-order valence-electron chi connectivity index (χ3n) is 12.9. The van der Waals surface area contributed by atoms with Crippen molar-refractivity contribution in [2.24, 2.45) is 22.8 Å². The normalized spacial score (nSPS) is 11.9. The Hall–Kier alpha value is -6.50. The second kappa shape index (κ2) is 42.4. The van der Waals surface area contributed by atoms with Crippen molar-refractivity contribution in [1.29, 1.82) is 0 Å². The molecule has 0 radical (unpaired) electrons. The molecule has 1 amide bonds. The molecule has 3 rings (SSSR count). The number of nitrogens with one attached hydrogen (secondary N) is 5. The number of hydrogen-bond acceptors (Lipinski definition) is 9. The molecule has 442 valence electrons. The summed E-state index contributed by atoms with van der Waals surface area (Å²) in [6.45, 7) is 62.9. The molecule has 3 aromatic rings. The van der Waals surface area contributed by atoms with E-state index in [1.165, 1.54) is 30.2 Å². The number of aryl methyl sites for hydroxylation is 1. The van der Waals surface area contributed by atoms with Crippen LogP contribution in [0.1, 0.15) is 137 Å². The number of benzene rings is 2. The average molecular weight is 1090 g/mol. The lowest BCUT2D eigenvalue weighted by Gasteiger charge is -2.43. The summed E-state index contributed by atoms with van der Waals surface area (Å²) in [6, 6.07) is 17.8. The number of carbonyl (C=O) groups is 1. The standard InChI is InChI=1S/C42H61FN6.C15H29N3O.C5H10.C3H6.C2H5N/c1-12-46-32(6)20-22-47-33(7)36(39(45-11)25-31(5)44)21-23-49(29(2)3)41(42(8,9)10)40-26-35(37-24-30(4)18-19-38(37)43)28-48(40)27-34-16-14-13-15-17-34;1-6-8-9-11-18(5)14(4)15(19)17-12-13(3)16-10-7-2;1-4-5(2)3;1-3-2;1-2-3/h13-19,24,26,28,36,39,41,45-47H,2,5-7,12,20-23,25,27,44H2,1,3-4,8-11H3;7,14,16H,2-3,6,8-12H2,1,4-5H3,(H,17,19);2,4H2,1,3H3;3H,1H2,2H3;2H,1,3H2. The van der Waals surface area contributed by atoms with Gasteiger partial charge in [0.15, 0.2) is 0 Å². The zero-order chi connectivity index (χ0) is 60.7. The number of nitrogens with zero attached hydrogens (tertiary/aromatic N) is 3. The van der Waals surface area contributed by atoms with Crippen LogP contribution >= 0.6 is 0 Å². The van der Waals surface area contributed by atoms with E-state index in [-0.39, 0.29) is 41.2 Å². The van der Waals surface area contributed by atoms with E-state index in [2.05, 4.69) is 191 Å². The van der Waals surface area contributed by atoms with Gasteiger partial charge in [-0.3, -0.25) is 9.69 Å². The maximum atomic E-state index is 15.3. The maximum Gasteiger partial charge on any atom is 0.237 e. The Kier molecular flexibility index (Phi) is 40.1. The zero-order valence-corrected chi connectivity index (χ0v) is 51.9. The third kappa shape index (κ3) is 31.6. The van der Waals surface area contributed by atoms with Crippen molar-refractivity contribution in [2.45, 2.75) is 146 Å². The molecule has 4 atom stereocenters. The minimum Gasteiger partial charge on any atom is -0.405 e. The summed E-state index contributed by atoms with van der Waals surface area (Å²) in [5.41, 5.74) is 21.0. The summed E-state index contributed by atoms with van der Waals surface area (Å²) >= 11 is 0. The molecule has 2 aromatic carbocycles. The van der Waals surface area contributed by atoms with Crippen LogP contribution in [0.3, 0.4) is 0 Å². The molecule has 0 bridgehead atoms. The van der Waals surface area contributed by atoms with Crippen LogP contribution in [0, 0.1) is 24.1 Å². The Labute approximate surface area is 482 Å². The lowest BCUT2D eigenvalue weighted by molar-refractivity contribution is -0.125. The van der Waals surface area contributed by atoms with Gasteiger partial charge in [0.1, 0.15) is 5.82 Å². The fourth-order valence-corrected chi connectivity index (χ4v) is 8.39. The first-order chi connectivity index (χ1) is 37.3. The topological polar surface area (TPSA) is 141 Å². The highest BCUT2D eigenvalue weighted by Crippen LogP contribution is 2.43. The molecule has 9 N–H and O–H groups in total. The van der Waals surface area contributed by atoms with Gasteiger partial charge < -0.3 is 47.5 Å². The van der Waals surface area contributed by atoms with E-state index in [0.29, 0.717) is 37.3 Å². The van der Waals surface area contributed by atoms with Crippen molar-refractivity contribution in [3.05, 3.63) is 195 Å². The summed E-state index contributed by atoms with van der Waals surface area (Å²) in [7, 11) is 3.96. The highest BCUT2D eigenvalue weighted by Gasteiger charge is 2.36. The van der Waals surface area contributed by atoms with Crippen molar-refractivity contribution in [1.82, 2.24) is 41.0 Å². The second-order valence-corrected chi connectivity index (χ2v) is 21.2. The minimum absolute atomic E-state index is 0.0422. The molecule has 0 aliphatic rings. The summed E-state index contributed by atoms with van der Waals surface area (Å²) < 4.78 is 17.6. The van der Waals surface area contributed by atoms with Crippen molar-refractivity contribution >= 4 is 5.91 Å². The summed E-state index contributed by atoms with van der Waals surface area (Å²) in [6.07, 6.45) is 13.8. The van der Waals surface area contributed by atoms with Gasteiger partial charge in [0, 0.05) is 109 Å². The Morgan fingerprint density at radius 3 is 2.00 bits per heavy atom. The van der Waals surface area contributed by atoms with E-state index < -0.39 is 0 Å². The lowest BCUT2D eigenvalue weighted by atomic mass is 9.82. The molecule has 0 saturated carbocycles. The van der Waals surface area contributed by atoms with E-state index >= 15 is 4.39 Å². The van der Waals surface area contributed by atoms with Gasteiger partial charge in [-0.2, -0.15) is 0 Å². The van der Waals surface area contributed by atoms with Crippen LogP contribution in [-0.4, -0.2) is 85.7 Å². The van der Waals surface area contributed by atoms with Gasteiger partial charge in [-0.1, -0.05) is 147 Å². The van der Waals surface area contributed by atoms with E-state index in [9.17, 15) is 4.79 Å². The van der Waals surface area contributed by atoms with Crippen molar-refractivity contribution in [2.75, 3.05) is 53.4 Å². The zero-order valence-electron chi connectivity index (χ0n) is 51.9. The van der Waals surface area contributed by atoms with E-state index in [4.69, 9.17) is 5.73 Å². The van der Waals surface area contributed by atoms with Crippen LogP contribution in [0.2, 0.25) is 0 Å². The third-order valence-corrected chi connectivity index (χ3v) is 12.9. The van der Waals surface area contributed by atoms with Gasteiger partial charge in [0.25, 0.3) is 0 Å². The highest BCUT2D eigenvalue weighted by molar-refractivity contribution is 5.81. The quantitative estimate of drug-likeness (QED) is 0.0240. The van der Waals surface area contributed by atoms with Crippen molar-refractivity contribution in [3.63, 3.8) is 0 Å². The number of unbranched alkanes of at least 4 members (excludes halogenated alkanes) is 2. The van der Waals surface area contributed by atoms with Crippen molar-refractivity contribution in [3.8, 4) is 11.1 Å². The van der Waals surface area contributed by atoms with Gasteiger partial charge in [-0.15, -0.1) is 19.7 Å². The number of likely N-dealkylation sites (N-methyl/N-ethyl adjacent to an activating group) is 1. The Balaban J connectivity index is 0. The molecule has 0 aliphatic carbocycles. The van der Waals surface area contributed by atoms with Gasteiger partial charge in [0.2, 0.25) is 5.91 Å². The number of rotatable bonds is 32. The first-order valence-corrected chi connectivity index (χ1v) is 28.2. The number of amides is 1. The van der Waals surface area contributed by atoms with Crippen LogP contribution in [0.4, 0.5) is 4.39 Å². The first kappa shape index (κ1) is 74.6. The fraction of sp³-hybridized carbons (Fsp3) is 0.478. The van der Waals surface area contributed by atoms with Crippen LogP contribution in [0.25, 0.3) is 11.1 Å². The summed E-state index contributed by atoms with van der Waals surface area (Å²) in [5, 5.41) is 16.3. The number of halogens is 1. The summed E-state index contributed by atoms with van der Waals surface area (Å²) in [5.74, 6) is -0.116. The molecule has 12 heteroatoms. The lowest BCUT2D eigenvalue weighted by Crippen LogP contribution is -2.44. The highest BCUT2D eigenvalue weighted by atomic mass is 19.1. The molecule has 79 heavy (non-hydrogen) atoms. The Bertz CT molecular complexity index is 2280. The number of carbonyl (C=O) groups excluding carboxylic acids is 1. The van der Waals surface area contributed by atoms with Crippen LogP contribution in [0.15, 0.2) is 172 Å². The molecule has 11 nitrogen and oxygen atoms in total. The summed E-state index contributed by atoms with van der Waals surface area (Å²) in [4.78, 5) is 16.5. The van der Waals surface area contributed by atoms with E-state index in [1.807, 2.05) is 60.0 Å². The molecular formula is C67H111FN10O. The van der Waals surface area contributed by atoms with Gasteiger partial charge >= 0.3 is 0 Å². The molecule has 0 saturated heterocycles. The van der Waals surface area contributed by atoms with Crippen molar-refractivity contribution < 1.29 is 9.18 Å². The molecule has 0 aliphatic heterocycles. The fourth-order valence-electron chi connectivity index (χ4n) is 8.39. The Morgan fingerprint density at radius 2 is 1.49 bits per heavy atom. The smallest absolute Gasteiger partial charge is 0.237 e. The maximum absolute atomic E-state index is 15.3. The monoisotopic (exact) mass is 1090 g/mol. The average Bonchev–Trinajstić information content (AvgIpc) is 3.80. The molecule has 4 unspecified atom stereocenters. The predicted molar refractivity (Wildman–Crippen MR) is 345 cm³/mol. The largest absolute Gasteiger partial charge is 0.405 e. The predicted octanol–water partition coefficient (Wildman–Crippen LogP) is 13.8. The van der Waals surface area contributed by atoms with Crippen LogP contribution in [-0.2, 0) is 11.3 Å². The minimum atomic E-state index is -0.222. The van der Waals surface area contributed by atoms with Crippen LogP contribution < -0.4 is 38.1 Å². The second-order valence-electron chi connectivity index (χ2n) is 21.2. The number of hydrogen-bond donors (Lipinski definition) is 7. The van der Waals surface area contributed by atoms with E-state index in [1.54, 1.807) is 18.2 Å². The van der Waals surface area contributed by atoms with Crippen LogP contribution in [0.5, 0.6) is 0 Å². The molecular weight excluding hydrogens is 980 g/mol. The molecule has 0 spiro atoms. The first-order valence-electron chi connectivity index (χ1n) is 28.2. The molecule has 1 aromatic heterocycles. The van der Waals surface area contributed by atoms with Gasteiger partial charge in [-0.25, -0.2) is 4.39 Å². The molecule has 0 fully saturated rings. The number of aromatic nitrogens is 1. The number of nitrogens with two attached hydrogens (primary N) is 2. The van der Waals surface area contributed by atoms with E-state index in [0.717, 1.165) is 91.5 Å².